The van der Waals surface area contributed by atoms with E-state index in [0.29, 0.717) is 19.8 Å². The summed E-state index contributed by atoms with van der Waals surface area (Å²) in [6.45, 7) is 5.72. The van der Waals surface area contributed by atoms with Crippen molar-refractivity contribution in [3.8, 4) is 17.2 Å². The van der Waals surface area contributed by atoms with Crippen molar-refractivity contribution in [1.82, 2.24) is 0 Å². The highest BCUT2D eigenvalue weighted by atomic mass is 16.5. The fraction of sp³-hybridized carbons (Fsp3) is 0.250. The largest absolute Gasteiger partial charge is 0.491 e. The highest BCUT2D eigenvalue weighted by molar-refractivity contribution is 5.48. The molecule has 0 aliphatic heterocycles. The first-order chi connectivity index (χ1) is 13.7. The van der Waals surface area contributed by atoms with E-state index in [1.165, 1.54) is 0 Å². The predicted octanol–water partition coefficient (Wildman–Crippen LogP) is 5.54. The Balaban J connectivity index is 1.49. The predicted molar refractivity (Wildman–Crippen MR) is 113 cm³/mol. The van der Waals surface area contributed by atoms with Crippen molar-refractivity contribution in [3.05, 3.63) is 84.4 Å². The first kappa shape index (κ1) is 19.6. The second-order valence-electron chi connectivity index (χ2n) is 6.66. The van der Waals surface area contributed by atoms with E-state index < -0.39 is 0 Å². The number of hydrogen-bond donors (Lipinski definition) is 1. The molecule has 0 amide bonds. The molecule has 3 aromatic carbocycles. The molecule has 0 heterocycles. The summed E-state index contributed by atoms with van der Waals surface area (Å²) in [5.41, 5.74) is 2.14. The second-order valence-corrected chi connectivity index (χ2v) is 6.66. The van der Waals surface area contributed by atoms with Crippen LogP contribution in [0.25, 0.3) is 0 Å². The van der Waals surface area contributed by atoms with Crippen LogP contribution < -0.4 is 19.5 Å². The first-order valence-corrected chi connectivity index (χ1v) is 9.60. The number of nitrogens with one attached hydrogen (secondary N) is 1. The van der Waals surface area contributed by atoms with E-state index in [-0.39, 0.29) is 6.10 Å². The Hall–Kier alpha value is -3.14. The quantitative estimate of drug-likeness (QED) is 0.471. The van der Waals surface area contributed by atoms with E-state index in [1.54, 1.807) is 0 Å². The summed E-state index contributed by atoms with van der Waals surface area (Å²) in [6, 6.07) is 25.8. The summed E-state index contributed by atoms with van der Waals surface area (Å²) in [5, 5.41) is 3.43. The summed E-state index contributed by atoms with van der Waals surface area (Å²) in [4.78, 5) is 0. The van der Waals surface area contributed by atoms with Crippen LogP contribution in [0.3, 0.4) is 0 Å². The van der Waals surface area contributed by atoms with Crippen LogP contribution in [0.5, 0.6) is 17.2 Å². The Labute approximate surface area is 167 Å². The van der Waals surface area contributed by atoms with Gasteiger partial charge in [-0.05, 0) is 56.3 Å². The summed E-state index contributed by atoms with van der Waals surface area (Å²) < 4.78 is 17.3. The monoisotopic (exact) mass is 377 g/mol. The molecule has 28 heavy (non-hydrogen) atoms. The molecule has 0 unspecified atom stereocenters. The van der Waals surface area contributed by atoms with Gasteiger partial charge in [-0.3, -0.25) is 0 Å². The van der Waals surface area contributed by atoms with Gasteiger partial charge in [-0.25, -0.2) is 0 Å². The molecule has 0 aliphatic rings. The van der Waals surface area contributed by atoms with Crippen LogP contribution >= 0.6 is 0 Å². The smallest absolute Gasteiger partial charge is 0.124 e. The number of para-hydroxylation sites is 2. The van der Waals surface area contributed by atoms with Gasteiger partial charge in [-0.1, -0.05) is 36.4 Å². The van der Waals surface area contributed by atoms with Gasteiger partial charge in [0, 0.05) is 17.8 Å². The average Bonchev–Trinajstić information content (AvgIpc) is 2.72. The minimum atomic E-state index is 0.175. The lowest BCUT2D eigenvalue weighted by molar-refractivity contribution is 0.216. The van der Waals surface area contributed by atoms with Gasteiger partial charge in [0.05, 0.1) is 6.10 Å². The standard InChI is InChI=1S/C24H27NO3/c1-19(2)28-23-14-12-21(13-15-23)25-18-20-8-6-7-11-24(20)27-17-16-26-22-9-4-3-5-10-22/h3-15,19,25H,16-18H2,1-2H3. The molecule has 3 rings (SSSR count). The number of rotatable bonds is 10. The first-order valence-electron chi connectivity index (χ1n) is 9.60. The molecule has 0 aromatic heterocycles. The number of anilines is 1. The van der Waals surface area contributed by atoms with Crippen molar-refractivity contribution in [2.24, 2.45) is 0 Å². The highest BCUT2D eigenvalue weighted by Gasteiger charge is 2.04. The van der Waals surface area contributed by atoms with Crippen LogP contribution in [-0.4, -0.2) is 19.3 Å². The molecule has 0 fully saturated rings. The highest BCUT2D eigenvalue weighted by Crippen LogP contribution is 2.21. The number of ether oxygens (including phenoxy) is 3. The van der Waals surface area contributed by atoms with E-state index in [4.69, 9.17) is 14.2 Å². The van der Waals surface area contributed by atoms with Crippen molar-refractivity contribution in [2.45, 2.75) is 26.5 Å². The van der Waals surface area contributed by atoms with E-state index >= 15 is 0 Å². The molecule has 3 aromatic rings. The molecule has 0 aliphatic carbocycles. The Morgan fingerprint density at radius 2 is 1.39 bits per heavy atom. The fourth-order valence-electron chi connectivity index (χ4n) is 2.74. The molecular formula is C24H27NO3. The molecule has 0 spiro atoms. The molecule has 0 atom stereocenters. The molecule has 0 saturated carbocycles. The maximum Gasteiger partial charge on any atom is 0.124 e. The third-order valence-corrected chi connectivity index (χ3v) is 4.03. The maximum atomic E-state index is 5.93. The van der Waals surface area contributed by atoms with Crippen molar-refractivity contribution < 1.29 is 14.2 Å². The Bertz CT molecular complexity index is 832. The molecule has 4 heteroatoms. The van der Waals surface area contributed by atoms with Gasteiger partial charge < -0.3 is 19.5 Å². The number of hydrogen-bond acceptors (Lipinski definition) is 4. The van der Waals surface area contributed by atoms with Crippen LogP contribution in [-0.2, 0) is 6.54 Å². The molecule has 0 radical (unpaired) electrons. The van der Waals surface area contributed by atoms with Crippen LogP contribution in [0.15, 0.2) is 78.9 Å². The van der Waals surface area contributed by atoms with Gasteiger partial charge in [0.15, 0.2) is 0 Å². The van der Waals surface area contributed by atoms with Gasteiger partial charge in [-0.15, -0.1) is 0 Å². The lowest BCUT2D eigenvalue weighted by Gasteiger charge is -2.14. The molecule has 146 valence electrons. The lowest BCUT2D eigenvalue weighted by atomic mass is 10.2. The second kappa shape index (κ2) is 10.3. The number of benzene rings is 3. The van der Waals surface area contributed by atoms with Gasteiger partial charge >= 0.3 is 0 Å². The Morgan fingerprint density at radius 3 is 2.14 bits per heavy atom. The summed E-state index contributed by atoms with van der Waals surface area (Å²) in [7, 11) is 0. The van der Waals surface area contributed by atoms with Crippen LogP contribution in [0, 0.1) is 0 Å². The SMILES string of the molecule is CC(C)Oc1ccc(NCc2ccccc2OCCOc2ccccc2)cc1. The van der Waals surface area contributed by atoms with E-state index in [0.717, 1.165) is 28.5 Å². The Kier molecular flexibility index (Phi) is 7.19. The zero-order valence-electron chi connectivity index (χ0n) is 16.4. The van der Waals surface area contributed by atoms with E-state index in [1.807, 2.05) is 86.6 Å². The summed E-state index contributed by atoms with van der Waals surface area (Å²) >= 11 is 0. The molecular weight excluding hydrogens is 350 g/mol. The van der Waals surface area contributed by atoms with Gasteiger partial charge in [0.2, 0.25) is 0 Å². The molecule has 0 saturated heterocycles. The van der Waals surface area contributed by atoms with Crippen molar-refractivity contribution >= 4 is 5.69 Å². The minimum absolute atomic E-state index is 0.175. The minimum Gasteiger partial charge on any atom is -0.491 e. The fourth-order valence-corrected chi connectivity index (χ4v) is 2.74. The van der Waals surface area contributed by atoms with Gasteiger partial charge in [0.1, 0.15) is 30.5 Å². The van der Waals surface area contributed by atoms with Crippen molar-refractivity contribution in [1.29, 1.82) is 0 Å². The average molecular weight is 377 g/mol. The normalized spacial score (nSPS) is 10.5. The van der Waals surface area contributed by atoms with Crippen molar-refractivity contribution in [3.63, 3.8) is 0 Å². The topological polar surface area (TPSA) is 39.7 Å². The molecule has 1 N–H and O–H groups in total. The van der Waals surface area contributed by atoms with E-state index in [9.17, 15) is 0 Å². The third kappa shape index (κ3) is 6.23. The van der Waals surface area contributed by atoms with Crippen LogP contribution in [0.2, 0.25) is 0 Å². The Morgan fingerprint density at radius 1 is 0.714 bits per heavy atom. The summed E-state index contributed by atoms with van der Waals surface area (Å²) in [6.07, 6.45) is 0.175. The lowest BCUT2D eigenvalue weighted by Crippen LogP contribution is -2.11. The molecule has 4 nitrogen and oxygen atoms in total. The van der Waals surface area contributed by atoms with Crippen LogP contribution in [0.4, 0.5) is 5.69 Å². The third-order valence-electron chi connectivity index (χ3n) is 4.03. The van der Waals surface area contributed by atoms with E-state index in [2.05, 4.69) is 11.4 Å². The zero-order chi connectivity index (χ0) is 19.6. The van der Waals surface area contributed by atoms with Crippen molar-refractivity contribution in [2.75, 3.05) is 18.5 Å². The maximum absolute atomic E-state index is 5.93. The van der Waals surface area contributed by atoms with Gasteiger partial charge in [-0.2, -0.15) is 0 Å². The molecule has 0 bridgehead atoms. The zero-order valence-corrected chi connectivity index (χ0v) is 16.4. The summed E-state index contributed by atoms with van der Waals surface area (Å²) in [5.74, 6) is 2.60. The van der Waals surface area contributed by atoms with Crippen LogP contribution in [0.1, 0.15) is 19.4 Å². The van der Waals surface area contributed by atoms with Gasteiger partial charge in [0.25, 0.3) is 0 Å².